The monoisotopic (exact) mass is 420 g/mol. The third kappa shape index (κ3) is 6.44. The number of hydrogen-bond donors (Lipinski definition) is 2. The Hall–Kier alpha value is -0.300. The Kier molecular flexibility index (Phi) is 10.1. The highest BCUT2D eigenvalue weighted by Gasteiger charge is 2.22. The van der Waals surface area contributed by atoms with Crippen LogP contribution < -0.4 is 10.6 Å². The lowest BCUT2D eigenvalue weighted by atomic mass is 9.97. The van der Waals surface area contributed by atoms with Crippen molar-refractivity contribution in [2.45, 2.75) is 57.9 Å². The second kappa shape index (κ2) is 11.3. The minimum absolute atomic E-state index is 0. The van der Waals surface area contributed by atoms with E-state index in [2.05, 4.69) is 33.5 Å². The largest absolute Gasteiger partial charge is 0.356 e. The fourth-order valence-electron chi connectivity index (χ4n) is 3.45. The van der Waals surface area contributed by atoms with Gasteiger partial charge in [-0.25, -0.2) is 0 Å². The molecule has 0 saturated carbocycles. The van der Waals surface area contributed by atoms with Crippen LogP contribution in [0.2, 0.25) is 0 Å². The Morgan fingerprint density at radius 1 is 1.32 bits per heavy atom. The lowest BCUT2D eigenvalue weighted by Crippen LogP contribution is -2.45. The fraction of sp³-hybridized carbons (Fsp3) is 0.824. The number of halogens is 1. The SMILES string of the molecule is CCN1CCCC1CNC(=NC)NCCC1=CCCCC1.I. The van der Waals surface area contributed by atoms with Crippen LogP contribution in [0.15, 0.2) is 16.6 Å². The maximum Gasteiger partial charge on any atom is 0.191 e. The van der Waals surface area contributed by atoms with Crippen molar-refractivity contribution in [3.05, 3.63) is 11.6 Å². The van der Waals surface area contributed by atoms with E-state index in [9.17, 15) is 0 Å². The predicted molar refractivity (Wildman–Crippen MR) is 106 cm³/mol. The zero-order valence-electron chi connectivity index (χ0n) is 14.2. The van der Waals surface area contributed by atoms with E-state index in [-0.39, 0.29) is 24.0 Å². The second-order valence-electron chi connectivity index (χ2n) is 6.16. The molecule has 2 rings (SSSR count). The molecule has 1 fully saturated rings. The van der Waals surface area contributed by atoms with Crippen molar-refractivity contribution >= 4 is 29.9 Å². The number of nitrogens with zero attached hydrogens (tertiary/aromatic N) is 2. The molecular weight excluding hydrogens is 387 g/mol. The third-order valence-corrected chi connectivity index (χ3v) is 4.76. The number of guanidine groups is 1. The predicted octanol–water partition coefficient (Wildman–Crippen LogP) is 3.14. The molecule has 22 heavy (non-hydrogen) atoms. The highest BCUT2D eigenvalue weighted by atomic mass is 127. The summed E-state index contributed by atoms with van der Waals surface area (Å²) < 4.78 is 0. The number of hydrogen-bond acceptors (Lipinski definition) is 2. The molecule has 0 bridgehead atoms. The number of aliphatic imine (C=N–C) groups is 1. The Morgan fingerprint density at radius 2 is 2.18 bits per heavy atom. The molecule has 1 atom stereocenters. The molecule has 0 spiro atoms. The van der Waals surface area contributed by atoms with Crippen LogP contribution in [0.3, 0.4) is 0 Å². The summed E-state index contributed by atoms with van der Waals surface area (Å²) in [7, 11) is 1.86. The van der Waals surface area contributed by atoms with Gasteiger partial charge in [-0.15, -0.1) is 24.0 Å². The number of rotatable bonds is 6. The minimum Gasteiger partial charge on any atom is -0.356 e. The lowest BCUT2D eigenvalue weighted by Gasteiger charge is -2.24. The first-order chi connectivity index (χ1) is 10.3. The van der Waals surface area contributed by atoms with E-state index in [1.165, 1.54) is 45.1 Å². The van der Waals surface area contributed by atoms with Crippen LogP contribution in [-0.2, 0) is 0 Å². The van der Waals surface area contributed by atoms with E-state index in [1.54, 1.807) is 5.57 Å². The summed E-state index contributed by atoms with van der Waals surface area (Å²) in [5.41, 5.74) is 1.62. The summed E-state index contributed by atoms with van der Waals surface area (Å²) in [5, 5.41) is 6.94. The molecule has 128 valence electrons. The van der Waals surface area contributed by atoms with Crippen LogP contribution in [0.1, 0.15) is 51.9 Å². The quantitative estimate of drug-likeness (QED) is 0.300. The van der Waals surface area contributed by atoms with Crippen molar-refractivity contribution in [2.75, 3.05) is 33.2 Å². The van der Waals surface area contributed by atoms with E-state index in [0.29, 0.717) is 6.04 Å². The van der Waals surface area contributed by atoms with Crippen molar-refractivity contribution in [3.63, 3.8) is 0 Å². The van der Waals surface area contributed by atoms with Crippen LogP contribution in [-0.4, -0.2) is 50.1 Å². The molecule has 0 aromatic rings. The zero-order valence-corrected chi connectivity index (χ0v) is 16.6. The summed E-state index contributed by atoms with van der Waals surface area (Å²) in [4.78, 5) is 6.90. The maximum atomic E-state index is 4.34. The van der Waals surface area contributed by atoms with Crippen LogP contribution in [0.4, 0.5) is 0 Å². The topological polar surface area (TPSA) is 39.7 Å². The average molecular weight is 420 g/mol. The highest BCUT2D eigenvalue weighted by molar-refractivity contribution is 14.0. The van der Waals surface area contributed by atoms with Crippen LogP contribution in [0, 0.1) is 0 Å². The second-order valence-corrected chi connectivity index (χ2v) is 6.16. The maximum absolute atomic E-state index is 4.34. The van der Waals surface area contributed by atoms with Gasteiger partial charge in [0.1, 0.15) is 0 Å². The van der Waals surface area contributed by atoms with Crippen molar-refractivity contribution in [3.8, 4) is 0 Å². The summed E-state index contributed by atoms with van der Waals surface area (Å²) in [6, 6.07) is 0.676. The van der Waals surface area contributed by atoms with E-state index >= 15 is 0 Å². The molecule has 1 heterocycles. The highest BCUT2D eigenvalue weighted by Crippen LogP contribution is 2.19. The van der Waals surface area contributed by atoms with Gasteiger partial charge in [0.05, 0.1) is 0 Å². The van der Waals surface area contributed by atoms with Crippen molar-refractivity contribution < 1.29 is 0 Å². The first-order valence-corrected chi connectivity index (χ1v) is 8.70. The Morgan fingerprint density at radius 3 is 2.86 bits per heavy atom. The van der Waals surface area contributed by atoms with Gasteiger partial charge in [0.15, 0.2) is 5.96 Å². The van der Waals surface area contributed by atoms with E-state index in [0.717, 1.165) is 32.0 Å². The Balaban J connectivity index is 0.00000242. The van der Waals surface area contributed by atoms with Gasteiger partial charge in [-0.1, -0.05) is 18.6 Å². The van der Waals surface area contributed by atoms with E-state index < -0.39 is 0 Å². The summed E-state index contributed by atoms with van der Waals surface area (Å²) in [6.07, 6.45) is 11.5. The first kappa shape index (κ1) is 19.7. The average Bonchev–Trinajstić information content (AvgIpc) is 2.99. The molecule has 1 unspecified atom stereocenters. The number of nitrogens with one attached hydrogen (secondary N) is 2. The molecule has 1 aliphatic heterocycles. The summed E-state index contributed by atoms with van der Waals surface area (Å²) >= 11 is 0. The van der Waals surface area contributed by atoms with Gasteiger partial charge in [0.25, 0.3) is 0 Å². The van der Waals surface area contributed by atoms with Crippen LogP contribution in [0.25, 0.3) is 0 Å². The number of likely N-dealkylation sites (N-methyl/N-ethyl adjacent to an activating group) is 1. The number of allylic oxidation sites excluding steroid dienone is 1. The summed E-state index contributed by atoms with van der Waals surface area (Å²) in [5.74, 6) is 0.953. The molecule has 2 aliphatic rings. The van der Waals surface area contributed by atoms with Crippen molar-refractivity contribution in [1.82, 2.24) is 15.5 Å². The molecule has 1 aliphatic carbocycles. The van der Waals surface area contributed by atoms with Crippen LogP contribution in [0.5, 0.6) is 0 Å². The molecule has 4 nitrogen and oxygen atoms in total. The molecule has 0 aromatic carbocycles. The molecule has 0 amide bonds. The first-order valence-electron chi connectivity index (χ1n) is 8.70. The minimum atomic E-state index is 0. The van der Waals surface area contributed by atoms with Gasteiger partial charge in [-0.05, 0) is 58.0 Å². The molecule has 0 radical (unpaired) electrons. The Labute approximate surface area is 153 Å². The van der Waals surface area contributed by atoms with E-state index in [1.807, 2.05) is 7.05 Å². The fourth-order valence-corrected chi connectivity index (χ4v) is 3.45. The van der Waals surface area contributed by atoms with Gasteiger partial charge >= 0.3 is 0 Å². The molecular formula is C17H33IN4. The molecule has 0 aromatic heterocycles. The van der Waals surface area contributed by atoms with E-state index in [4.69, 9.17) is 0 Å². The van der Waals surface area contributed by atoms with Gasteiger partial charge in [-0.2, -0.15) is 0 Å². The number of likely N-dealkylation sites (tertiary alicyclic amines) is 1. The van der Waals surface area contributed by atoms with Gasteiger partial charge in [0.2, 0.25) is 0 Å². The standard InChI is InChI=1S/C17H32N4.HI/c1-3-21-13-7-10-16(21)14-20-17(18-2)19-12-11-15-8-5-4-6-9-15;/h8,16H,3-7,9-14H2,1-2H3,(H2,18,19,20);1H. The summed E-state index contributed by atoms with van der Waals surface area (Å²) in [6.45, 7) is 6.67. The van der Waals surface area contributed by atoms with Gasteiger partial charge < -0.3 is 10.6 Å². The van der Waals surface area contributed by atoms with Gasteiger partial charge in [0, 0.05) is 26.2 Å². The zero-order chi connectivity index (χ0) is 14.9. The normalized spacial score (nSPS) is 22.9. The van der Waals surface area contributed by atoms with Crippen LogP contribution >= 0.6 is 24.0 Å². The molecule has 2 N–H and O–H groups in total. The Bertz CT molecular complexity index is 368. The van der Waals surface area contributed by atoms with Gasteiger partial charge in [-0.3, -0.25) is 9.89 Å². The van der Waals surface area contributed by atoms with Crippen molar-refractivity contribution in [1.29, 1.82) is 0 Å². The van der Waals surface area contributed by atoms with Crippen molar-refractivity contribution in [2.24, 2.45) is 4.99 Å². The molecule has 1 saturated heterocycles. The third-order valence-electron chi connectivity index (χ3n) is 4.76. The molecule has 5 heteroatoms. The lowest BCUT2D eigenvalue weighted by molar-refractivity contribution is 0.267. The smallest absolute Gasteiger partial charge is 0.191 e.